The molecule has 5 rings (SSSR count). The summed E-state index contributed by atoms with van der Waals surface area (Å²) in [4.78, 5) is 42.5. The van der Waals surface area contributed by atoms with E-state index in [1.54, 1.807) is 35.9 Å². The van der Waals surface area contributed by atoms with Crippen LogP contribution < -0.4 is 10.2 Å². The molecule has 1 N–H and O–H groups in total. The normalized spacial score (nSPS) is 20.2. The summed E-state index contributed by atoms with van der Waals surface area (Å²) in [5.41, 5.74) is 0.340. The van der Waals surface area contributed by atoms with E-state index in [9.17, 15) is 32.8 Å². The first-order chi connectivity index (χ1) is 19.5. The summed E-state index contributed by atoms with van der Waals surface area (Å²) >= 11 is 2.91. The lowest BCUT2D eigenvalue weighted by Gasteiger charge is -2.47. The Balaban J connectivity index is 1.53. The average molecular weight is 629 g/mol. The molecule has 0 saturated carbocycles. The number of amides is 3. The first kappa shape index (κ1) is 28.4. The third-order valence-electron chi connectivity index (χ3n) is 7.54. The van der Waals surface area contributed by atoms with Crippen LogP contribution in [0.3, 0.4) is 0 Å². The van der Waals surface area contributed by atoms with Gasteiger partial charge in [0.1, 0.15) is 5.82 Å². The zero-order valence-corrected chi connectivity index (χ0v) is 23.5. The van der Waals surface area contributed by atoms with Crippen LogP contribution in [-0.4, -0.2) is 52.0 Å². The van der Waals surface area contributed by atoms with E-state index in [1.807, 2.05) is 0 Å². The Hall–Kier alpha value is -4.18. The van der Waals surface area contributed by atoms with Crippen molar-refractivity contribution in [2.75, 3.05) is 18.5 Å². The van der Waals surface area contributed by atoms with Crippen molar-refractivity contribution >= 4 is 45.2 Å². The van der Waals surface area contributed by atoms with E-state index in [4.69, 9.17) is 0 Å². The molecule has 13 heteroatoms. The Kier molecular flexibility index (Phi) is 7.37. The molecule has 3 heterocycles. The van der Waals surface area contributed by atoms with Crippen molar-refractivity contribution < 1.29 is 27.6 Å². The Morgan fingerprint density at radius 1 is 1.17 bits per heavy atom. The minimum Gasteiger partial charge on any atom is -0.355 e. The molecular formula is C28H24BrF3N6O3. The molecule has 0 spiro atoms. The molecule has 212 valence electrons. The maximum atomic E-state index is 14.0. The Morgan fingerprint density at radius 2 is 1.85 bits per heavy atom. The molecule has 2 aromatic carbocycles. The van der Waals surface area contributed by atoms with E-state index in [0.29, 0.717) is 22.6 Å². The molecule has 2 aliphatic heterocycles. The van der Waals surface area contributed by atoms with Gasteiger partial charge in [-0.3, -0.25) is 19.3 Å². The van der Waals surface area contributed by atoms with Crippen molar-refractivity contribution in [3.63, 3.8) is 0 Å². The number of halogens is 4. The van der Waals surface area contributed by atoms with Gasteiger partial charge in [0.15, 0.2) is 0 Å². The number of nitrogens with one attached hydrogen (secondary N) is 1. The number of carbonyl (C=O) groups is 3. The first-order valence-electron chi connectivity index (χ1n) is 12.7. The highest BCUT2D eigenvalue weighted by Crippen LogP contribution is 2.45. The van der Waals surface area contributed by atoms with E-state index >= 15 is 0 Å². The third kappa shape index (κ3) is 4.97. The second kappa shape index (κ2) is 10.7. The average Bonchev–Trinajstić information content (AvgIpc) is 3.35. The first-order valence-corrected chi connectivity index (χ1v) is 13.5. The molecule has 3 amide bonds. The number of rotatable bonds is 4. The number of piperidine rings is 1. The quantitative estimate of drug-likeness (QED) is 0.444. The van der Waals surface area contributed by atoms with Crippen LogP contribution in [0.5, 0.6) is 0 Å². The number of hydrogen-bond acceptors (Lipinski definition) is 5. The molecule has 0 aliphatic carbocycles. The molecule has 41 heavy (non-hydrogen) atoms. The predicted molar refractivity (Wildman–Crippen MR) is 145 cm³/mol. The number of likely N-dealkylation sites (tertiary alicyclic amines) is 1. The van der Waals surface area contributed by atoms with Crippen LogP contribution in [0.1, 0.15) is 51.2 Å². The Labute approximate surface area is 241 Å². The topological polar surface area (TPSA) is 111 Å². The molecule has 1 aromatic heterocycles. The smallest absolute Gasteiger partial charge is 0.355 e. The van der Waals surface area contributed by atoms with Crippen LogP contribution in [0.4, 0.5) is 24.7 Å². The summed E-state index contributed by atoms with van der Waals surface area (Å²) in [7, 11) is 1.52. The highest BCUT2D eigenvalue weighted by Gasteiger charge is 2.48. The number of benzene rings is 2. The van der Waals surface area contributed by atoms with Gasteiger partial charge in [-0.15, -0.1) is 0 Å². The molecule has 2 unspecified atom stereocenters. The summed E-state index contributed by atoms with van der Waals surface area (Å²) < 4.78 is 42.0. The van der Waals surface area contributed by atoms with Gasteiger partial charge in [0.05, 0.1) is 41.9 Å². The maximum Gasteiger partial charge on any atom is 0.417 e. The summed E-state index contributed by atoms with van der Waals surface area (Å²) in [5.74, 6) is -1.33. The van der Waals surface area contributed by atoms with E-state index in [0.717, 1.165) is 6.07 Å². The number of carbonyl (C=O) groups excluding carboxylic acids is 3. The van der Waals surface area contributed by atoms with Crippen LogP contribution in [0.25, 0.3) is 0 Å². The predicted octanol–water partition coefficient (Wildman–Crippen LogP) is 4.86. The number of alkyl halides is 3. The van der Waals surface area contributed by atoms with Gasteiger partial charge in [-0.05, 0) is 55.8 Å². The van der Waals surface area contributed by atoms with Crippen molar-refractivity contribution in [1.29, 1.82) is 5.26 Å². The number of nitriles is 1. The third-order valence-corrected chi connectivity index (χ3v) is 8.24. The molecular weight excluding hydrogens is 605 g/mol. The van der Waals surface area contributed by atoms with Crippen LogP contribution >= 0.6 is 15.9 Å². The van der Waals surface area contributed by atoms with Crippen molar-refractivity contribution in [2.45, 2.75) is 38.0 Å². The van der Waals surface area contributed by atoms with Gasteiger partial charge in [-0.1, -0.05) is 15.9 Å². The molecule has 3 aromatic rings. The van der Waals surface area contributed by atoms with Crippen molar-refractivity contribution in [3.05, 3.63) is 75.4 Å². The number of fused-ring (bicyclic) bond motifs is 3. The van der Waals surface area contributed by atoms with Gasteiger partial charge in [-0.25, -0.2) is 4.68 Å². The molecule has 1 saturated heterocycles. The second-order valence-electron chi connectivity index (χ2n) is 9.98. The largest absolute Gasteiger partial charge is 0.417 e. The van der Waals surface area contributed by atoms with E-state index in [-0.39, 0.29) is 41.2 Å². The van der Waals surface area contributed by atoms with Crippen molar-refractivity contribution in [2.24, 2.45) is 5.92 Å². The number of hydrogen-bond donors (Lipinski definition) is 1. The number of aromatic nitrogens is 2. The minimum atomic E-state index is -4.65. The lowest BCUT2D eigenvalue weighted by Crippen LogP contribution is -2.56. The Morgan fingerprint density at radius 3 is 2.49 bits per heavy atom. The highest BCUT2D eigenvalue weighted by atomic mass is 79.9. The van der Waals surface area contributed by atoms with Gasteiger partial charge in [-0.2, -0.15) is 23.5 Å². The second-order valence-corrected chi connectivity index (χ2v) is 10.8. The van der Waals surface area contributed by atoms with E-state index in [2.05, 4.69) is 32.4 Å². The molecule has 0 bridgehead atoms. The van der Waals surface area contributed by atoms with Gasteiger partial charge in [0.2, 0.25) is 5.91 Å². The summed E-state index contributed by atoms with van der Waals surface area (Å²) in [6.07, 6.45) is -2.91. The summed E-state index contributed by atoms with van der Waals surface area (Å²) in [6, 6.07) is 10.9. The lowest BCUT2D eigenvalue weighted by atomic mass is 9.84. The summed E-state index contributed by atoms with van der Waals surface area (Å²) in [5, 5.41) is 16.5. The zero-order chi connectivity index (χ0) is 29.6. The van der Waals surface area contributed by atoms with Crippen LogP contribution in [0.15, 0.2) is 53.1 Å². The van der Waals surface area contributed by atoms with Gasteiger partial charge >= 0.3 is 6.18 Å². The van der Waals surface area contributed by atoms with E-state index < -0.39 is 35.6 Å². The maximum absolute atomic E-state index is 14.0. The SMILES string of the molecule is CNC(=O)c1ccc(N2C(=O)C3C[C@H](C)N(C(=O)c4ccc(Br)c(C(F)(F)F)c4)CC3n3ncc(CC#N)c32)cc1. The fourth-order valence-corrected chi connectivity index (χ4v) is 5.99. The molecule has 3 atom stereocenters. The highest BCUT2D eigenvalue weighted by molar-refractivity contribution is 9.10. The standard InChI is InChI=1S/C28H24BrF3N6O3/c1-15-11-20-23(14-36(15)26(40)17-5-8-22(29)21(12-17)28(30,31)32)38-25(18(9-10-33)13-35-38)37(27(20)41)19-6-3-16(4-7-19)24(39)34-2/h3-8,12-13,15,20,23H,9,11,14H2,1-2H3,(H,34,39)/t15-,20?,23?/m0/s1. The fourth-order valence-electron chi connectivity index (χ4n) is 5.51. The van der Waals surface area contributed by atoms with Crippen LogP contribution in [0, 0.1) is 17.2 Å². The number of anilines is 2. The molecule has 2 aliphatic rings. The monoisotopic (exact) mass is 628 g/mol. The van der Waals surface area contributed by atoms with Crippen molar-refractivity contribution in [3.8, 4) is 6.07 Å². The molecule has 9 nitrogen and oxygen atoms in total. The van der Waals surface area contributed by atoms with Gasteiger partial charge in [0, 0.05) is 40.8 Å². The van der Waals surface area contributed by atoms with Gasteiger partial charge < -0.3 is 10.2 Å². The van der Waals surface area contributed by atoms with Crippen LogP contribution in [0.2, 0.25) is 0 Å². The Bertz CT molecular complexity index is 1580. The van der Waals surface area contributed by atoms with Gasteiger partial charge in [0.25, 0.3) is 11.8 Å². The minimum absolute atomic E-state index is 0.0228. The number of nitrogens with zero attached hydrogens (tertiary/aromatic N) is 5. The summed E-state index contributed by atoms with van der Waals surface area (Å²) in [6.45, 7) is 1.80. The molecule has 0 radical (unpaired) electrons. The van der Waals surface area contributed by atoms with Crippen molar-refractivity contribution in [1.82, 2.24) is 20.0 Å². The lowest BCUT2D eigenvalue weighted by molar-refractivity contribution is -0.138. The zero-order valence-electron chi connectivity index (χ0n) is 21.9. The fraction of sp³-hybridized carbons (Fsp3) is 0.321. The van der Waals surface area contributed by atoms with E-state index in [1.165, 1.54) is 35.2 Å². The molecule has 1 fully saturated rings. The van der Waals surface area contributed by atoms with Crippen LogP contribution in [-0.2, 0) is 17.4 Å².